The van der Waals surface area contributed by atoms with Gasteiger partial charge in [0.1, 0.15) is 5.54 Å². The number of sulfonamides is 1. The molecular weight excluding hydrogens is 328 g/mol. The molecule has 21 heavy (non-hydrogen) atoms. The van der Waals surface area contributed by atoms with Gasteiger partial charge in [0.25, 0.3) is 6.43 Å². The topological polar surface area (TPSA) is 83.5 Å². The van der Waals surface area contributed by atoms with Crippen molar-refractivity contribution in [1.82, 2.24) is 4.72 Å². The molecule has 1 aromatic rings. The van der Waals surface area contributed by atoms with Crippen LogP contribution in [-0.4, -0.2) is 31.5 Å². The monoisotopic (exact) mass is 341 g/mol. The third-order valence-electron chi connectivity index (χ3n) is 2.79. The summed E-state index contributed by atoms with van der Waals surface area (Å²) in [6, 6.07) is 3.85. The molecule has 2 N–H and O–H groups in total. The largest absolute Gasteiger partial charge is 0.481 e. The molecule has 118 valence electrons. The number of nitrogens with one attached hydrogen (secondary N) is 1. The number of rotatable bonds is 6. The number of aliphatic carboxylic acids is 1. The molecule has 0 saturated heterocycles. The Labute approximate surface area is 126 Å². The van der Waals surface area contributed by atoms with Gasteiger partial charge in [-0.05, 0) is 37.6 Å². The molecule has 9 heteroatoms. The van der Waals surface area contributed by atoms with Gasteiger partial charge in [-0.15, -0.1) is 0 Å². The summed E-state index contributed by atoms with van der Waals surface area (Å²) in [6.07, 6.45) is -4.23. The first-order valence-electron chi connectivity index (χ1n) is 5.78. The number of hydrogen-bond donors (Lipinski definition) is 2. The molecule has 0 aliphatic rings. The highest BCUT2D eigenvalue weighted by Gasteiger charge is 2.41. The molecule has 5 nitrogen and oxygen atoms in total. The Bertz CT molecular complexity index is 651. The van der Waals surface area contributed by atoms with Crippen LogP contribution in [0.25, 0.3) is 0 Å². The SMILES string of the molecule is Cc1cc(Cl)ccc1S(=O)(=O)NC(C)(CC(=O)O)C(F)F. The van der Waals surface area contributed by atoms with Gasteiger partial charge in [0.15, 0.2) is 0 Å². The molecule has 0 aliphatic carbocycles. The van der Waals surface area contributed by atoms with Gasteiger partial charge in [-0.2, -0.15) is 4.72 Å². The second-order valence-corrected chi connectivity index (χ2v) is 6.89. The lowest BCUT2D eigenvalue weighted by Gasteiger charge is -2.28. The quantitative estimate of drug-likeness (QED) is 0.832. The number of hydrogen-bond acceptors (Lipinski definition) is 3. The van der Waals surface area contributed by atoms with Crippen molar-refractivity contribution in [3.8, 4) is 0 Å². The first kappa shape index (κ1) is 17.8. The van der Waals surface area contributed by atoms with Gasteiger partial charge in [0, 0.05) is 5.02 Å². The van der Waals surface area contributed by atoms with Crippen LogP contribution in [0.5, 0.6) is 0 Å². The van der Waals surface area contributed by atoms with Crippen LogP contribution in [0, 0.1) is 6.92 Å². The molecule has 1 rings (SSSR count). The van der Waals surface area contributed by atoms with Crippen LogP contribution >= 0.6 is 11.6 Å². The number of carboxylic acids is 1. The van der Waals surface area contributed by atoms with Gasteiger partial charge in [-0.25, -0.2) is 17.2 Å². The Morgan fingerprint density at radius 1 is 1.48 bits per heavy atom. The summed E-state index contributed by atoms with van der Waals surface area (Å²) < 4.78 is 52.2. The van der Waals surface area contributed by atoms with E-state index < -0.39 is 34.4 Å². The van der Waals surface area contributed by atoms with Crippen LogP contribution in [0.4, 0.5) is 8.78 Å². The van der Waals surface area contributed by atoms with Crippen molar-refractivity contribution >= 4 is 27.6 Å². The van der Waals surface area contributed by atoms with E-state index in [1.54, 1.807) is 4.72 Å². The van der Waals surface area contributed by atoms with Crippen molar-refractivity contribution in [1.29, 1.82) is 0 Å². The van der Waals surface area contributed by atoms with Gasteiger partial charge >= 0.3 is 5.97 Å². The van der Waals surface area contributed by atoms with Gasteiger partial charge in [0.05, 0.1) is 11.3 Å². The summed E-state index contributed by atoms with van der Waals surface area (Å²) in [6.45, 7) is 2.30. The summed E-state index contributed by atoms with van der Waals surface area (Å²) in [5, 5.41) is 8.97. The van der Waals surface area contributed by atoms with Crippen molar-refractivity contribution in [3.05, 3.63) is 28.8 Å². The molecule has 1 aromatic carbocycles. The summed E-state index contributed by atoms with van der Waals surface area (Å²) >= 11 is 5.71. The maximum Gasteiger partial charge on any atom is 0.305 e. The number of benzene rings is 1. The lowest BCUT2D eigenvalue weighted by Crippen LogP contribution is -2.52. The number of alkyl halides is 2. The average Bonchev–Trinajstić information content (AvgIpc) is 2.25. The molecule has 0 heterocycles. The van der Waals surface area contributed by atoms with E-state index in [2.05, 4.69) is 0 Å². The first-order chi connectivity index (χ1) is 9.48. The van der Waals surface area contributed by atoms with E-state index in [4.69, 9.17) is 16.7 Å². The molecule has 0 amide bonds. The summed E-state index contributed by atoms with van der Waals surface area (Å²) in [5.41, 5.74) is -2.14. The fourth-order valence-corrected chi connectivity index (χ4v) is 3.59. The smallest absolute Gasteiger partial charge is 0.305 e. The Balaban J connectivity index is 3.21. The predicted molar refractivity (Wildman–Crippen MR) is 73.2 cm³/mol. The Morgan fingerprint density at radius 3 is 2.48 bits per heavy atom. The van der Waals surface area contributed by atoms with E-state index >= 15 is 0 Å². The van der Waals surface area contributed by atoms with E-state index in [1.165, 1.54) is 25.1 Å². The third kappa shape index (κ3) is 4.36. The van der Waals surface area contributed by atoms with Crippen molar-refractivity contribution in [3.63, 3.8) is 0 Å². The minimum Gasteiger partial charge on any atom is -0.481 e. The van der Waals surface area contributed by atoms with Gasteiger partial charge in [0.2, 0.25) is 10.0 Å². The fourth-order valence-electron chi connectivity index (χ4n) is 1.75. The van der Waals surface area contributed by atoms with E-state index in [1.807, 2.05) is 0 Å². The Morgan fingerprint density at radius 2 is 2.05 bits per heavy atom. The minimum absolute atomic E-state index is 0.232. The van der Waals surface area contributed by atoms with Crippen molar-refractivity contribution in [2.24, 2.45) is 0 Å². The van der Waals surface area contributed by atoms with E-state index in [0.717, 1.165) is 6.92 Å². The molecule has 1 atom stereocenters. The summed E-state index contributed by atoms with van der Waals surface area (Å²) in [7, 11) is -4.31. The average molecular weight is 342 g/mol. The van der Waals surface area contributed by atoms with Crippen LogP contribution in [0.15, 0.2) is 23.1 Å². The first-order valence-corrected chi connectivity index (χ1v) is 7.64. The summed E-state index contributed by atoms with van der Waals surface area (Å²) in [4.78, 5) is 10.4. The molecule has 0 fully saturated rings. The molecule has 0 saturated carbocycles. The van der Waals surface area contributed by atoms with Crippen molar-refractivity contribution in [2.75, 3.05) is 0 Å². The lowest BCUT2D eigenvalue weighted by molar-refractivity contribution is -0.140. The summed E-state index contributed by atoms with van der Waals surface area (Å²) in [5.74, 6) is -1.53. The van der Waals surface area contributed by atoms with Crippen LogP contribution in [0.3, 0.4) is 0 Å². The number of aryl methyl sites for hydroxylation is 1. The Kier molecular flexibility index (Phi) is 5.30. The van der Waals surface area contributed by atoms with Crippen molar-refractivity contribution in [2.45, 2.75) is 37.1 Å². The van der Waals surface area contributed by atoms with Crippen molar-refractivity contribution < 1.29 is 27.1 Å². The molecule has 0 bridgehead atoms. The maximum absolute atomic E-state index is 13.0. The van der Waals surface area contributed by atoms with Gasteiger partial charge in [-0.3, -0.25) is 4.79 Å². The van der Waals surface area contributed by atoms with Crippen LogP contribution < -0.4 is 4.72 Å². The highest BCUT2D eigenvalue weighted by atomic mass is 35.5. The zero-order chi connectivity index (χ0) is 16.4. The highest BCUT2D eigenvalue weighted by molar-refractivity contribution is 7.89. The standard InChI is InChI=1S/C12H14ClF2NO4S/c1-7-5-8(13)3-4-9(7)21(19,20)16-12(2,11(14)15)6-10(17)18/h3-5,11,16H,6H2,1-2H3,(H,17,18). The fraction of sp³-hybridized carbons (Fsp3) is 0.417. The van der Waals surface area contributed by atoms with Gasteiger partial charge < -0.3 is 5.11 Å². The number of carboxylic acid groups (broad SMARTS) is 1. The number of carbonyl (C=O) groups is 1. The predicted octanol–water partition coefficient (Wildman–Crippen LogP) is 2.43. The van der Waals surface area contributed by atoms with Crippen LogP contribution in [0.2, 0.25) is 5.02 Å². The van der Waals surface area contributed by atoms with E-state index in [0.29, 0.717) is 5.02 Å². The maximum atomic E-state index is 13.0. The number of halogens is 3. The van der Waals surface area contributed by atoms with Gasteiger partial charge in [-0.1, -0.05) is 11.6 Å². The molecule has 1 unspecified atom stereocenters. The normalized spacial score (nSPS) is 15.0. The molecular formula is C12H14ClF2NO4S. The molecule has 0 spiro atoms. The molecule has 0 radical (unpaired) electrons. The molecule has 0 aliphatic heterocycles. The lowest BCUT2D eigenvalue weighted by atomic mass is 10.0. The second-order valence-electron chi connectivity index (χ2n) is 4.80. The zero-order valence-corrected chi connectivity index (χ0v) is 12.8. The third-order valence-corrected chi connectivity index (χ3v) is 4.80. The second kappa shape index (κ2) is 6.25. The van der Waals surface area contributed by atoms with E-state index in [-0.39, 0.29) is 10.5 Å². The van der Waals surface area contributed by atoms with E-state index in [9.17, 15) is 22.0 Å². The van der Waals surface area contributed by atoms with Crippen LogP contribution in [0.1, 0.15) is 18.9 Å². The zero-order valence-electron chi connectivity index (χ0n) is 11.2. The molecule has 0 aromatic heterocycles. The highest BCUT2D eigenvalue weighted by Crippen LogP contribution is 2.25. The minimum atomic E-state index is -4.31. The Hall–Kier alpha value is -1.25. The van der Waals surface area contributed by atoms with Crippen LogP contribution in [-0.2, 0) is 14.8 Å².